The first-order valence-electron chi connectivity index (χ1n) is 9.30. The van der Waals surface area contributed by atoms with E-state index in [2.05, 4.69) is 5.32 Å². The molecule has 1 amide bonds. The lowest BCUT2D eigenvalue weighted by Crippen LogP contribution is -2.36. The first kappa shape index (κ1) is 18.2. The Hall–Kier alpha value is -3.18. The van der Waals surface area contributed by atoms with Gasteiger partial charge in [0.15, 0.2) is 0 Å². The summed E-state index contributed by atoms with van der Waals surface area (Å²) in [7, 11) is 0. The molecule has 1 fully saturated rings. The number of ether oxygens (including phenoxy) is 1. The first-order chi connectivity index (χ1) is 13.7. The van der Waals surface area contributed by atoms with Crippen molar-refractivity contribution in [3.05, 3.63) is 84.2 Å². The van der Waals surface area contributed by atoms with Crippen LogP contribution >= 0.6 is 0 Å². The van der Waals surface area contributed by atoms with Gasteiger partial charge in [0, 0.05) is 24.3 Å². The molecule has 0 bridgehead atoms. The van der Waals surface area contributed by atoms with Gasteiger partial charge in [0.05, 0.1) is 18.9 Å². The van der Waals surface area contributed by atoms with Gasteiger partial charge in [-0.15, -0.1) is 0 Å². The number of anilines is 2. The Morgan fingerprint density at radius 3 is 2.25 bits per heavy atom. The van der Waals surface area contributed by atoms with Gasteiger partial charge < -0.3 is 15.0 Å². The molecular weight excluding hydrogens is 355 g/mol. The molecule has 3 aromatic carbocycles. The van der Waals surface area contributed by atoms with Gasteiger partial charge in [-0.1, -0.05) is 42.5 Å². The number of rotatable bonds is 4. The van der Waals surface area contributed by atoms with Gasteiger partial charge in [-0.25, -0.2) is 4.39 Å². The minimum Gasteiger partial charge on any atom is -0.378 e. The summed E-state index contributed by atoms with van der Waals surface area (Å²) in [4.78, 5) is 14.5. The summed E-state index contributed by atoms with van der Waals surface area (Å²) in [5.74, 6) is -0.614. The van der Waals surface area contributed by atoms with Crippen molar-refractivity contribution in [3.63, 3.8) is 0 Å². The molecule has 4 rings (SSSR count). The average molecular weight is 376 g/mol. The topological polar surface area (TPSA) is 41.6 Å². The number of nitrogens with one attached hydrogen (secondary N) is 1. The van der Waals surface area contributed by atoms with E-state index in [0.29, 0.717) is 43.2 Å². The molecule has 142 valence electrons. The third-order valence-corrected chi connectivity index (χ3v) is 4.81. The van der Waals surface area contributed by atoms with Crippen LogP contribution in [0.4, 0.5) is 15.8 Å². The quantitative estimate of drug-likeness (QED) is 0.725. The predicted octanol–water partition coefficient (Wildman–Crippen LogP) is 4.58. The van der Waals surface area contributed by atoms with Crippen LogP contribution in [0.15, 0.2) is 72.8 Å². The second kappa shape index (κ2) is 8.23. The fraction of sp³-hybridized carbons (Fsp3) is 0.174. The fourth-order valence-corrected chi connectivity index (χ4v) is 3.29. The van der Waals surface area contributed by atoms with E-state index in [-0.39, 0.29) is 11.7 Å². The minimum atomic E-state index is -0.348. The summed E-state index contributed by atoms with van der Waals surface area (Å²) >= 11 is 0. The van der Waals surface area contributed by atoms with Crippen LogP contribution in [-0.2, 0) is 4.74 Å². The molecule has 5 heteroatoms. The van der Waals surface area contributed by atoms with Crippen LogP contribution in [0.5, 0.6) is 0 Å². The SMILES string of the molecule is O=C(Nc1ccc(N2CCOCC2)c(F)c1)c1ccc(-c2ccccc2)cc1. The van der Waals surface area contributed by atoms with Crippen LogP contribution in [0.3, 0.4) is 0 Å². The normalized spacial score (nSPS) is 14.0. The molecule has 0 spiro atoms. The largest absolute Gasteiger partial charge is 0.378 e. The van der Waals surface area contributed by atoms with Crippen LogP contribution in [-0.4, -0.2) is 32.2 Å². The van der Waals surface area contributed by atoms with Gasteiger partial charge in [0.2, 0.25) is 0 Å². The Labute approximate surface area is 163 Å². The Balaban J connectivity index is 1.45. The lowest BCUT2D eigenvalue weighted by atomic mass is 10.0. The monoisotopic (exact) mass is 376 g/mol. The van der Waals surface area contributed by atoms with Crippen molar-refractivity contribution in [1.82, 2.24) is 0 Å². The molecular formula is C23H21FN2O2. The predicted molar refractivity (Wildman–Crippen MR) is 109 cm³/mol. The summed E-state index contributed by atoms with van der Waals surface area (Å²) in [5, 5.41) is 2.77. The number of amides is 1. The highest BCUT2D eigenvalue weighted by Gasteiger charge is 2.16. The molecule has 1 aliphatic rings. The number of benzene rings is 3. The van der Waals surface area contributed by atoms with Crippen molar-refractivity contribution in [2.75, 3.05) is 36.5 Å². The summed E-state index contributed by atoms with van der Waals surface area (Å²) in [6, 6.07) is 22.1. The van der Waals surface area contributed by atoms with E-state index < -0.39 is 0 Å². The van der Waals surface area contributed by atoms with Crippen molar-refractivity contribution in [2.45, 2.75) is 0 Å². The second-order valence-corrected chi connectivity index (χ2v) is 6.66. The molecule has 1 aliphatic heterocycles. The Morgan fingerprint density at radius 1 is 0.893 bits per heavy atom. The molecule has 1 heterocycles. The van der Waals surface area contributed by atoms with Crippen LogP contribution < -0.4 is 10.2 Å². The number of hydrogen-bond acceptors (Lipinski definition) is 3. The highest BCUT2D eigenvalue weighted by atomic mass is 19.1. The summed E-state index contributed by atoms with van der Waals surface area (Å²) in [6.07, 6.45) is 0. The van der Waals surface area contributed by atoms with Crippen molar-refractivity contribution in [1.29, 1.82) is 0 Å². The van der Waals surface area contributed by atoms with Gasteiger partial charge in [-0.3, -0.25) is 4.79 Å². The van der Waals surface area contributed by atoms with Gasteiger partial charge >= 0.3 is 0 Å². The van der Waals surface area contributed by atoms with E-state index in [1.54, 1.807) is 24.3 Å². The molecule has 3 aromatic rings. The molecule has 1 N–H and O–H groups in total. The number of hydrogen-bond donors (Lipinski definition) is 1. The molecule has 0 atom stereocenters. The van der Waals surface area contributed by atoms with Crippen LogP contribution in [0.2, 0.25) is 0 Å². The van der Waals surface area contributed by atoms with Crippen LogP contribution in [0.1, 0.15) is 10.4 Å². The van der Waals surface area contributed by atoms with Crippen molar-refractivity contribution in [2.24, 2.45) is 0 Å². The zero-order valence-corrected chi connectivity index (χ0v) is 15.4. The maximum Gasteiger partial charge on any atom is 0.255 e. The van der Waals surface area contributed by atoms with E-state index in [4.69, 9.17) is 4.74 Å². The molecule has 0 saturated carbocycles. The third-order valence-electron chi connectivity index (χ3n) is 4.81. The Kier molecular flexibility index (Phi) is 5.35. The van der Waals surface area contributed by atoms with Crippen molar-refractivity contribution < 1.29 is 13.9 Å². The molecule has 28 heavy (non-hydrogen) atoms. The van der Waals surface area contributed by atoms with Crippen LogP contribution in [0.25, 0.3) is 11.1 Å². The number of carbonyl (C=O) groups excluding carboxylic acids is 1. The molecule has 0 radical (unpaired) electrons. The van der Waals surface area contributed by atoms with E-state index >= 15 is 0 Å². The number of halogens is 1. The zero-order chi connectivity index (χ0) is 19.3. The maximum absolute atomic E-state index is 14.5. The lowest BCUT2D eigenvalue weighted by Gasteiger charge is -2.29. The van der Waals surface area contributed by atoms with Crippen LogP contribution in [0, 0.1) is 5.82 Å². The third kappa shape index (κ3) is 4.05. The summed E-state index contributed by atoms with van der Waals surface area (Å²) in [5.41, 5.74) is 3.63. The van der Waals surface area contributed by atoms with E-state index in [9.17, 15) is 9.18 Å². The highest BCUT2D eigenvalue weighted by molar-refractivity contribution is 6.04. The van der Waals surface area contributed by atoms with Gasteiger partial charge in [0.1, 0.15) is 5.82 Å². The number of nitrogens with zero attached hydrogens (tertiary/aromatic N) is 1. The van der Waals surface area contributed by atoms with Crippen molar-refractivity contribution >= 4 is 17.3 Å². The maximum atomic E-state index is 14.5. The number of carbonyl (C=O) groups is 1. The average Bonchev–Trinajstić information content (AvgIpc) is 2.75. The van der Waals surface area contributed by atoms with E-state index in [1.807, 2.05) is 47.4 Å². The number of morpholine rings is 1. The van der Waals surface area contributed by atoms with Gasteiger partial charge in [-0.05, 0) is 41.5 Å². The Bertz CT molecular complexity index is 952. The fourth-order valence-electron chi connectivity index (χ4n) is 3.29. The lowest BCUT2D eigenvalue weighted by molar-refractivity contribution is 0.102. The smallest absolute Gasteiger partial charge is 0.255 e. The highest BCUT2D eigenvalue weighted by Crippen LogP contribution is 2.24. The molecule has 4 nitrogen and oxygen atoms in total. The first-order valence-corrected chi connectivity index (χ1v) is 9.30. The molecule has 0 aromatic heterocycles. The van der Waals surface area contributed by atoms with Gasteiger partial charge in [-0.2, -0.15) is 0 Å². The summed E-state index contributed by atoms with van der Waals surface area (Å²) in [6.45, 7) is 2.51. The molecule has 1 saturated heterocycles. The van der Waals surface area contributed by atoms with Crippen molar-refractivity contribution in [3.8, 4) is 11.1 Å². The molecule has 0 aliphatic carbocycles. The van der Waals surface area contributed by atoms with E-state index in [1.165, 1.54) is 6.07 Å². The minimum absolute atomic E-state index is 0.266. The second-order valence-electron chi connectivity index (χ2n) is 6.66. The van der Waals surface area contributed by atoms with Gasteiger partial charge in [0.25, 0.3) is 5.91 Å². The molecule has 0 unspecified atom stereocenters. The van der Waals surface area contributed by atoms with E-state index in [0.717, 1.165) is 11.1 Å². The standard InChI is InChI=1S/C23H21FN2O2/c24-21-16-20(10-11-22(21)26-12-14-28-15-13-26)25-23(27)19-8-6-18(7-9-19)17-4-2-1-3-5-17/h1-11,16H,12-15H2,(H,25,27). The summed E-state index contributed by atoms with van der Waals surface area (Å²) < 4.78 is 19.8. The Morgan fingerprint density at radius 2 is 1.57 bits per heavy atom. The zero-order valence-electron chi connectivity index (χ0n) is 15.4.